The predicted octanol–water partition coefficient (Wildman–Crippen LogP) is 5.51. The highest BCUT2D eigenvalue weighted by Gasteiger charge is 2.61. The fourth-order valence-corrected chi connectivity index (χ4v) is 7.43. The number of allylic oxidation sites excluding steroid dienone is 1. The van der Waals surface area contributed by atoms with Crippen LogP contribution in [0.2, 0.25) is 0 Å². The number of thiazole rings is 1. The third-order valence-corrected chi connectivity index (χ3v) is 9.79. The summed E-state index contributed by atoms with van der Waals surface area (Å²) in [6.07, 6.45) is 7.60. The van der Waals surface area contributed by atoms with Crippen LogP contribution in [0.15, 0.2) is 59.1 Å². The van der Waals surface area contributed by atoms with Crippen LogP contribution in [0.1, 0.15) is 44.9 Å². The summed E-state index contributed by atoms with van der Waals surface area (Å²) in [6.45, 7) is 0.126. The van der Waals surface area contributed by atoms with Crippen LogP contribution in [0.4, 0.5) is 10.1 Å². The SMILES string of the molecule is O=C1N[C@]2(C(=O)O)C[C@H]2C=CCCCCC[C@H](Nc2cccc(F)c2)C(=O)N2C[C@H](Oc3nc4ccc(Br)cc4s3)C[C@@H]12. The number of halogens is 2. The van der Waals surface area contributed by atoms with Crippen molar-refractivity contribution in [2.75, 3.05) is 11.9 Å². The number of nitrogens with zero attached hydrogens (tertiary/aromatic N) is 2. The lowest BCUT2D eigenvalue weighted by Crippen LogP contribution is -2.55. The van der Waals surface area contributed by atoms with Crippen molar-refractivity contribution in [2.24, 2.45) is 5.92 Å². The molecular formula is C31H32BrFN4O5S. The lowest BCUT2D eigenvalue weighted by atomic mass is 10.0. The Kier molecular flexibility index (Phi) is 8.41. The Labute approximate surface area is 260 Å². The van der Waals surface area contributed by atoms with Crippen molar-refractivity contribution < 1.29 is 28.6 Å². The number of nitrogens with one attached hydrogen (secondary N) is 2. The van der Waals surface area contributed by atoms with Crippen molar-refractivity contribution >= 4 is 61.0 Å². The molecule has 2 aromatic carbocycles. The molecule has 2 fully saturated rings. The zero-order valence-corrected chi connectivity index (χ0v) is 25.7. The monoisotopic (exact) mass is 670 g/mol. The molecule has 9 nitrogen and oxygen atoms in total. The van der Waals surface area contributed by atoms with E-state index in [0.29, 0.717) is 23.7 Å². The minimum atomic E-state index is -1.39. The zero-order chi connectivity index (χ0) is 30.1. The smallest absolute Gasteiger partial charge is 0.330 e. The summed E-state index contributed by atoms with van der Waals surface area (Å²) in [7, 11) is 0. The second-order valence-electron chi connectivity index (χ2n) is 11.4. The maximum atomic E-state index is 14.2. The highest BCUT2D eigenvalue weighted by Crippen LogP contribution is 2.45. The highest BCUT2D eigenvalue weighted by molar-refractivity contribution is 9.10. The maximum Gasteiger partial charge on any atom is 0.330 e. The van der Waals surface area contributed by atoms with E-state index in [1.807, 2.05) is 30.4 Å². The Morgan fingerprint density at radius 3 is 2.88 bits per heavy atom. The first-order valence-electron chi connectivity index (χ1n) is 14.5. The number of benzene rings is 2. The molecule has 0 unspecified atom stereocenters. The second kappa shape index (κ2) is 12.2. The van der Waals surface area contributed by atoms with E-state index in [2.05, 4.69) is 31.5 Å². The number of carbonyl (C=O) groups is 3. The van der Waals surface area contributed by atoms with Crippen molar-refractivity contribution in [3.8, 4) is 5.19 Å². The second-order valence-corrected chi connectivity index (χ2v) is 13.3. The molecule has 3 aliphatic rings. The molecule has 226 valence electrons. The summed E-state index contributed by atoms with van der Waals surface area (Å²) in [5, 5.41) is 16.5. The van der Waals surface area contributed by atoms with E-state index in [1.165, 1.54) is 28.4 Å². The van der Waals surface area contributed by atoms with E-state index >= 15 is 0 Å². The minimum absolute atomic E-state index is 0.126. The number of anilines is 1. The van der Waals surface area contributed by atoms with E-state index in [9.17, 15) is 23.9 Å². The van der Waals surface area contributed by atoms with Crippen molar-refractivity contribution in [3.05, 3.63) is 64.9 Å². The Bertz CT molecular complexity index is 1580. The molecule has 6 rings (SSSR count). The zero-order valence-electron chi connectivity index (χ0n) is 23.3. The molecule has 1 saturated heterocycles. The first-order chi connectivity index (χ1) is 20.7. The van der Waals surface area contributed by atoms with Crippen molar-refractivity contribution in [2.45, 2.75) is 68.7 Å². The van der Waals surface area contributed by atoms with Gasteiger partial charge >= 0.3 is 5.97 Å². The lowest BCUT2D eigenvalue weighted by molar-refractivity contribution is -0.145. The van der Waals surface area contributed by atoms with Crippen molar-refractivity contribution in [1.82, 2.24) is 15.2 Å². The van der Waals surface area contributed by atoms with Gasteiger partial charge in [-0.05, 0) is 62.1 Å². The normalized spacial score (nSPS) is 27.9. The lowest BCUT2D eigenvalue weighted by Gasteiger charge is -2.30. The van der Waals surface area contributed by atoms with Gasteiger partial charge in [-0.15, -0.1) is 0 Å². The molecule has 3 heterocycles. The molecule has 1 saturated carbocycles. The Morgan fingerprint density at radius 2 is 2.07 bits per heavy atom. The van der Waals surface area contributed by atoms with Crippen LogP contribution in [0.5, 0.6) is 5.19 Å². The van der Waals surface area contributed by atoms with Crippen LogP contribution in [-0.4, -0.2) is 63.0 Å². The molecule has 0 bridgehead atoms. The summed E-state index contributed by atoms with van der Waals surface area (Å²) < 4.78 is 22.1. The van der Waals surface area contributed by atoms with E-state index in [0.717, 1.165) is 40.4 Å². The van der Waals surface area contributed by atoms with Crippen LogP contribution in [0.25, 0.3) is 10.2 Å². The third-order valence-electron chi connectivity index (χ3n) is 8.39. The van der Waals surface area contributed by atoms with Crippen LogP contribution >= 0.6 is 27.3 Å². The Morgan fingerprint density at radius 1 is 1.21 bits per heavy atom. The van der Waals surface area contributed by atoms with Crippen molar-refractivity contribution in [3.63, 3.8) is 0 Å². The number of carbonyl (C=O) groups excluding carboxylic acids is 2. The average molecular weight is 672 g/mol. The molecule has 0 radical (unpaired) electrons. The van der Waals surface area contributed by atoms with Gasteiger partial charge in [-0.2, -0.15) is 0 Å². The maximum absolute atomic E-state index is 14.2. The predicted molar refractivity (Wildman–Crippen MR) is 165 cm³/mol. The molecule has 43 heavy (non-hydrogen) atoms. The van der Waals surface area contributed by atoms with Gasteiger partial charge in [0.05, 0.1) is 16.8 Å². The average Bonchev–Trinajstić information content (AvgIpc) is 3.29. The number of hydrogen-bond acceptors (Lipinski definition) is 7. The van der Waals surface area contributed by atoms with Gasteiger partial charge in [0.25, 0.3) is 5.19 Å². The largest absolute Gasteiger partial charge is 0.479 e. The number of aromatic nitrogens is 1. The van der Waals surface area contributed by atoms with Gasteiger partial charge in [0.15, 0.2) is 0 Å². The van der Waals surface area contributed by atoms with E-state index in [1.54, 1.807) is 12.1 Å². The van der Waals surface area contributed by atoms with Gasteiger partial charge in [0, 0.05) is 22.5 Å². The molecule has 3 N–H and O–H groups in total. The topological polar surface area (TPSA) is 121 Å². The molecule has 1 aliphatic carbocycles. The molecule has 1 aromatic heterocycles. The first kappa shape index (κ1) is 29.6. The number of carboxylic acid groups (broad SMARTS) is 1. The van der Waals surface area contributed by atoms with Crippen LogP contribution < -0.4 is 15.4 Å². The van der Waals surface area contributed by atoms with E-state index < -0.39 is 41.4 Å². The summed E-state index contributed by atoms with van der Waals surface area (Å²) in [5.74, 6) is -2.65. The third kappa shape index (κ3) is 6.40. The standard InChI is InChI=1S/C31H32BrFN4O5S/c32-19-11-12-23-26(13-19)43-30(35-23)42-22-15-25-27(38)36-31(29(40)41)16-18(31)7-4-2-1-3-5-10-24(28(39)37(25)17-22)34-21-9-6-8-20(33)14-21/h4,6-9,11-14,18,22,24-25,34H,1-3,5,10,15-17H2,(H,36,38)(H,40,41)/t18-,22-,24+,25+,31-/m1/s1. The van der Waals surface area contributed by atoms with Crippen molar-refractivity contribution in [1.29, 1.82) is 0 Å². The molecule has 2 amide bonds. The van der Waals surface area contributed by atoms with Gasteiger partial charge in [-0.25, -0.2) is 14.2 Å². The van der Waals surface area contributed by atoms with Crippen LogP contribution in [0, 0.1) is 11.7 Å². The molecule has 0 spiro atoms. The number of hydrogen-bond donors (Lipinski definition) is 3. The fourth-order valence-electron chi connectivity index (χ4n) is 6.00. The first-order valence-corrected chi connectivity index (χ1v) is 16.1. The van der Waals surface area contributed by atoms with E-state index in [-0.39, 0.29) is 24.8 Å². The molecule has 3 aromatic rings. The quantitative estimate of drug-likeness (QED) is 0.306. The molecule has 12 heteroatoms. The number of ether oxygens (including phenoxy) is 1. The van der Waals surface area contributed by atoms with E-state index in [4.69, 9.17) is 4.74 Å². The highest BCUT2D eigenvalue weighted by atomic mass is 79.9. The summed E-state index contributed by atoms with van der Waals surface area (Å²) in [5.41, 5.74) is -0.139. The number of rotatable bonds is 5. The number of fused-ring (bicyclic) bond motifs is 3. The van der Waals surface area contributed by atoms with Gasteiger partial charge in [-0.3, -0.25) is 9.59 Å². The number of aliphatic carboxylic acids is 1. The van der Waals surface area contributed by atoms with Gasteiger partial charge < -0.3 is 25.4 Å². The van der Waals surface area contributed by atoms with Gasteiger partial charge in [0.1, 0.15) is 29.5 Å². The summed E-state index contributed by atoms with van der Waals surface area (Å²) >= 11 is 4.84. The molecule has 2 aliphatic heterocycles. The Hall–Kier alpha value is -3.51. The van der Waals surface area contributed by atoms with Crippen LogP contribution in [-0.2, 0) is 14.4 Å². The fraction of sp³-hybridized carbons (Fsp3) is 0.419. The number of amides is 2. The summed E-state index contributed by atoms with van der Waals surface area (Å²) in [4.78, 5) is 46.3. The minimum Gasteiger partial charge on any atom is -0.479 e. The molecular weight excluding hydrogens is 639 g/mol. The van der Waals surface area contributed by atoms with Gasteiger partial charge in [-0.1, -0.05) is 58.3 Å². The van der Waals surface area contributed by atoms with Crippen LogP contribution in [0.3, 0.4) is 0 Å². The number of carboxylic acids is 1. The summed E-state index contributed by atoms with van der Waals surface area (Å²) in [6, 6.07) is 10.0. The molecule has 5 atom stereocenters. The Balaban J connectivity index is 1.29. The van der Waals surface area contributed by atoms with Gasteiger partial charge in [0.2, 0.25) is 11.8 Å².